The van der Waals surface area contributed by atoms with Gasteiger partial charge in [-0.05, 0) is 44.9 Å². The molecule has 1 N–H and O–H groups in total. The average molecular weight is 416 g/mol. The first-order valence-electron chi connectivity index (χ1n) is 9.06. The number of hydrogen-bond donors (Lipinski definition) is 1. The zero-order valence-electron chi connectivity index (χ0n) is 15.9. The molecule has 27 heavy (non-hydrogen) atoms. The number of carbonyl (C=O) groups excluding carboxylic acids is 2. The summed E-state index contributed by atoms with van der Waals surface area (Å²) in [5.41, 5.74) is 0.358. The number of piperidine rings is 1. The number of anilines is 1. The van der Waals surface area contributed by atoms with Crippen LogP contribution in [0.5, 0.6) is 0 Å². The Bertz CT molecular complexity index is 809. The van der Waals surface area contributed by atoms with Crippen LogP contribution in [0.1, 0.15) is 33.6 Å². The molecule has 2 amide bonds. The molecule has 9 heteroatoms. The number of carbonyl (C=O) groups is 2. The van der Waals surface area contributed by atoms with Crippen LogP contribution in [-0.2, 0) is 19.6 Å². The van der Waals surface area contributed by atoms with E-state index in [0.717, 1.165) is 0 Å². The topological polar surface area (TPSA) is 86.8 Å². The van der Waals surface area contributed by atoms with E-state index in [1.807, 2.05) is 13.8 Å². The summed E-state index contributed by atoms with van der Waals surface area (Å²) in [6.07, 6.45) is 1.32. The minimum atomic E-state index is -3.77. The van der Waals surface area contributed by atoms with E-state index in [1.165, 1.54) is 29.4 Å². The van der Waals surface area contributed by atoms with Crippen molar-refractivity contribution in [2.45, 2.75) is 38.5 Å². The number of sulfonamides is 1. The summed E-state index contributed by atoms with van der Waals surface area (Å²) in [4.78, 5) is 25.6. The second-order valence-corrected chi connectivity index (χ2v) is 8.88. The molecule has 1 aromatic carbocycles. The van der Waals surface area contributed by atoms with Crippen molar-refractivity contribution in [2.24, 2.45) is 5.92 Å². The predicted molar refractivity (Wildman–Crippen MR) is 105 cm³/mol. The third kappa shape index (κ3) is 5.00. The summed E-state index contributed by atoms with van der Waals surface area (Å²) in [5.74, 6) is -0.622. The van der Waals surface area contributed by atoms with Gasteiger partial charge in [0.25, 0.3) is 0 Å². The largest absolute Gasteiger partial charge is 0.343 e. The minimum Gasteiger partial charge on any atom is -0.343 e. The Hall–Kier alpha value is -1.64. The highest BCUT2D eigenvalue weighted by atomic mass is 35.5. The van der Waals surface area contributed by atoms with Gasteiger partial charge < -0.3 is 10.2 Å². The Morgan fingerprint density at radius 3 is 2.52 bits per heavy atom. The number of nitrogens with zero attached hydrogens (tertiary/aromatic N) is 2. The van der Waals surface area contributed by atoms with E-state index in [-0.39, 0.29) is 34.2 Å². The zero-order valence-corrected chi connectivity index (χ0v) is 17.4. The maximum atomic E-state index is 13.0. The van der Waals surface area contributed by atoms with Crippen LogP contribution in [0.25, 0.3) is 0 Å². The predicted octanol–water partition coefficient (Wildman–Crippen LogP) is 2.57. The quantitative estimate of drug-likeness (QED) is 0.773. The third-order valence-corrected chi connectivity index (χ3v) is 6.87. The molecule has 0 bridgehead atoms. The van der Waals surface area contributed by atoms with Crippen molar-refractivity contribution >= 4 is 39.1 Å². The lowest BCUT2D eigenvalue weighted by Crippen LogP contribution is -2.46. The van der Waals surface area contributed by atoms with Crippen LogP contribution in [-0.4, -0.2) is 55.6 Å². The average Bonchev–Trinajstić information content (AvgIpc) is 2.64. The molecule has 7 nitrogen and oxygen atoms in total. The fraction of sp³-hybridized carbons (Fsp3) is 0.556. The fourth-order valence-electron chi connectivity index (χ4n) is 3.25. The zero-order chi connectivity index (χ0) is 20.2. The summed E-state index contributed by atoms with van der Waals surface area (Å²) in [5, 5.41) is 2.70. The summed E-state index contributed by atoms with van der Waals surface area (Å²) in [7, 11) is -3.77. The van der Waals surface area contributed by atoms with Crippen LogP contribution < -0.4 is 5.32 Å². The molecule has 0 spiro atoms. The Labute approximate surface area is 165 Å². The van der Waals surface area contributed by atoms with Gasteiger partial charge in [-0.1, -0.05) is 11.6 Å². The first-order chi connectivity index (χ1) is 12.7. The first-order valence-corrected chi connectivity index (χ1v) is 10.9. The molecule has 1 fully saturated rings. The lowest BCUT2D eigenvalue weighted by Gasteiger charge is -2.33. The molecule has 0 radical (unpaired) electrons. The van der Waals surface area contributed by atoms with E-state index in [1.54, 1.807) is 4.90 Å². The maximum absolute atomic E-state index is 13.0. The summed E-state index contributed by atoms with van der Waals surface area (Å²) < 4.78 is 27.4. The van der Waals surface area contributed by atoms with Gasteiger partial charge in [0.15, 0.2) is 0 Å². The second kappa shape index (κ2) is 9.03. The number of halogens is 1. The Morgan fingerprint density at radius 1 is 1.30 bits per heavy atom. The van der Waals surface area contributed by atoms with Crippen molar-refractivity contribution in [3.63, 3.8) is 0 Å². The van der Waals surface area contributed by atoms with E-state index < -0.39 is 10.0 Å². The Kier molecular flexibility index (Phi) is 7.25. The molecule has 150 valence electrons. The number of amides is 2. The van der Waals surface area contributed by atoms with Crippen LogP contribution in [0.3, 0.4) is 0 Å². The molecule has 1 aliphatic rings. The first kappa shape index (κ1) is 21.7. The van der Waals surface area contributed by atoms with Crippen molar-refractivity contribution in [3.8, 4) is 0 Å². The second-order valence-electron chi connectivity index (χ2n) is 6.54. The van der Waals surface area contributed by atoms with Crippen LogP contribution in [0.2, 0.25) is 5.02 Å². The van der Waals surface area contributed by atoms with Gasteiger partial charge in [0.05, 0.1) is 21.5 Å². The van der Waals surface area contributed by atoms with Crippen LogP contribution >= 0.6 is 11.6 Å². The lowest BCUT2D eigenvalue weighted by atomic mass is 9.98. The van der Waals surface area contributed by atoms with E-state index in [4.69, 9.17) is 11.6 Å². The molecule has 2 rings (SSSR count). The van der Waals surface area contributed by atoms with E-state index in [0.29, 0.717) is 38.2 Å². The minimum absolute atomic E-state index is 0.000983. The van der Waals surface area contributed by atoms with Crippen molar-refractivity contribution in [2.75, 3.05) is 31.5 Å². The smallest absolute Gasteiger partial charge is 0.243 e. The highest BCUT2D eigenvalue weighted by Crippen LogP contribution is 2.29. The third-order valence-electron chi connectivity index (χ3n) is 4.70. The molecular weight excluding hydrogens is 390 g/mol. The standard InChI is InChI=1S/C18H26ClN3O4S/c1-4-21(5-2)18(24)14-7-6-10-22(12-14)27(25,26)15-8-9-17(16(19)11-15)20-13(3)23/h8-9,11,14H,4-7,10,12H2,1-3H3,(H,20,23). The monoisotopic (exact) mass is 415 g/mol. The highest BCUT2D eigenvalue weighted by molar-refractivity contribution is 7.89. The van der Waals surface area contributed by atoms with E-state index in [9.17, 15) is 18.0 Å². The number of benzene rings is 1. The summed E-state index contributed by atoms with van der Waals surface area (Å²) in [6, 6.07) is 4.22. The van der Waals surface area contributed by atoms with Crippen molar-refractivity contribution < 1.29 is 18.0 Å². The molecule has 1 saturated heterocycles. The van der Waals surface area contributed by atoms with Crippen molar-refractivity contribution in [1.29, 1.82) is 0 Å². The maximum Gasteiger partial charge on any atom is 0.243 e. The highest BCUT2D eigenvalue weighted by Gasteiger charge is 2.34. The van der Waals surface area contributed by atoms with Gasteiger partial charge in [0.1, 0.15) is 0 Å². The van der Waals surface area contributed by atoms with E-state index in [2.05, 4.69) is 5.32 Å². The number of rotatable bonds is 6. The van der Waals surface area contributed by atoms with Gasteiger partial charge in [-0.15, -0.1) is 0 Å². The molecular formula is C18H26ClN3O4S. The number of hydrogen-bond acceptors (Lipinski definition) is 4. The molecule has 1 heterocycles. The number of nitrogens with one attached hydrogen (secondary N) is 1. The Balaban J connectivity index is 2.22. The van der Waals surface area contributed by atoms with Gasteiger partial charge in [-0.2, -0.15) is 4.31 Å². The molecule has 0 aliphatic carbocycles. The van der Waals surface area contributed by atoms with Crippen LogP contribution in [0.15, 0.2) is 23.1 Å². The summed E-state index contributed by atoms with van der Waals surface area (Å²) in [6.45, 7) is 6.94. The SMILES string of the molecule is CCN(CC)C(=O)C1CCCN(S(=O)(=O)c2ccc(NC(C)=O)c(Cl)c2)C1. The van der Waals surface area contributed by atoms with Gasteiger partial charge >= 0.3 is 0 Å². The van der Waals surface area contributed by atoms with Gasteiger partial charge in [0.2, 0.25) is 21.8 Å². The molecule has 0 aromatic heterocycles. The summed E-state index contributed by atoms with van der Waals surface area (Å²) >= 11 is 6.12. The van der Waals surface area contributed by atoms with E-state index >= 15 is 0 Å². The van der Waals surface area contributed by atoms with Crippen LogP contribution in [0.4, 0.5) is 5.69 Å². The molecule has 1 aliphatic heterocycles. The van der Waals surface area contributed by atoms with Gasteiger partial charge in [0, 0.05) is 33.1 Å². The van der Waals surface area contributed by atoms with Crippen LogP contribution in [0, 0.1) is 5.92 Å². The molecule has 1 aromatic rings. The normalized spacial score (nSPS) is 18.1. The van der Waals surface area contributed by atoms with Gasteiger partial charge in [-0.25, -0.2) is 8.42 Å². The molecule has 1 atom stereocenters. The van der Waals surface area contributed by atoms with Crippen molar-refractivity contribution in [1.82, 2.24) is 9.21 Å². The fourth-order valence-corrected chi connectivity index (χ4v) is 5.10. The molecule has 0 saturated carbocycles. The molecule has 1 unspecified atom stereocenters. The Morgan fingerprint density at radius 2 is 1.96 bits per heavy atom. The van der Waals surface area contributed by atoms with Gasteiger partial charge in [-0.3, -0.25) is 9.59 Å². The lowest BCUT2D eigenvalue weighted by molar-refractivity contribution is -0.136. The van der Waals surface area contributed by atoms with Crippen molar-refractivity contribution in [3.05, 3.63) is 23.2 Å².